The summed E-state index contributed by atoms with van der Waals surface area (Å²) >= 11 is 0. The van der Waals surface area contributed by atoms with Gasteiger partial charge in [0.2, 0.25) is 0 Å². The van der Waals surface area contributed by atoms with Crippen LogP contribution in [0.4, 0.5) is 0 Å². The van der Waals surface area contributed by atoms with Gasteiger partial charge in [0.25, 0.3) is 0 Å². The van der Waals surface area contributed by atoms with Gasteiger partial charge in [0, 0.05) is 11.6 Å². The summed E-state index contributed by atoms with van der Waals surface area (Å²) in [5, 5.41) is 4.44. The quantitative estimate of drug-likeness (QED) is 0.789. The number of nitrogens with zero attached hydrogens (tertiary/aromatic N) is 2. The molecule has 1 atom stereocenters. The first-order valence-electron chi connectivity index (χ1n) is 8.17. The lowest BCUT2D eigenvalue weighted by Crippen LogP contribution is -2.33. The van der Waals surface area contributed by atoms with Crippen LogP contribution in [0.2, 0.25) is 0 Å². The highest BCUT2D eigenvalue weighted by atomic mass is 32.2. The summed E-state index contributed by atoms with van der Waals surface area (Å²) in [7, 11) is -3.09. The van der Waals surface area contributed by atoms with Gasteiger partial charge in [-0.2, -0.15) is 5.10 Å². The largest absolute Gasteiger partial charge is 0.457 e. The number of sulfone groups is 1. The average Bonchev–Trinajstić information content (AvgIpc) is 3.14. The minimum atomic E-state index is -3.09. The highest BCUT2D eigenvalue weighted by Gasteiger charge is 2.34. The first-order valence-corrected chi connectivity index (χ1v) is 10.00. The van der Waals surface area contributed by atoms with Gasteiger partial charge in [-0.1, -0.05) is 0 Å². The summed E-state index contributed by atoms with van der Waals surface area (Å²) in [5.41, 5.74) is 1.15. The molecular formula is C16H24N2O4S. The SMILES string of the molecule is CC(C)(C)n1nc(C(=O)OC2CCCS(=O)(=O)C2)cc1C1CC1. The van der Waals surface area contributed by atoms with Crippen LogP contribution in [-0.2, 0) is 20.1 Å². The Balaban J connectivity index is 1.77. The number of ether oxygens (including phenoxy) is 1. The van der Waals surface area contributed by atoms with E-state index in [1.54, 1.807) is 0 Å². The zero-order valence-corrected chi connectivity index (χ0v) is 14.7. The van der Waals surface area contributed by atoms with E-state index in [2.05, 4.69) is 25.9 Å². The van der Waals surface area contributed by atoms with Crippen molar-refractivity contribution in [3.63, 3.8) is 0 Å². The molecule has 2 aliphatic rings. The fraction of sp³-hybridized carbons (Fsp3) is 0.750. The van der Waals surface area contributed by atoms with Crippen LogP contribution in [-0.4, -0.2) is 41.8 Å². The molecule has 1 aromatic rings. The molecule has 1 aliphatic carbocycles. The Morgan fingerprint density at radius 1 is 1.30 bits per heavy atom. The van der Waals surface area contributed by atoms with E-state index in [0.29, 0.717) is 18.8 Å². The number of hydrogen-bond acceptors (Lipinski definition) is 5. The zero-order chi connectivity index (χ0) is 16.8. The maximum Gasteiger partial charge on any atom is 0.359 e. The second-order valence-electron chi connectivity index (χ2n) is 7.60. The van der Waals surface area contributed by atoms with Gasteiger partial charge < -0.3 is 4.74 Å². The number of hydrogen-bond donors (Lipinski definition) is 0. The van der Waals surface area contributed by atoms with Crippen LogP contribution in [0, 0.1) is 0 Å². The van der Waals surface area contributed by atoms with Crippen molar-refractivity contribution in [2.24, 2.45) is 0 Å². The highest BCUT2D eigenvalue weighted by Crippen LogP contribution is 2.41. The number of esters is 1. The van der Waals surface area contributed by atoms with E-state index < -0.39 is 21.9 Å². The maximum absolute atomic E-state index is 12.4. The zero-order valence-electron chi connectivity index (χ0n) is 13.9. The van der Waals surface area contributed by atoms with E-state index in [1.165, 1.54) is 0 Å². The van der Waals surface area contributed by atoms with Gasteiger partial charge in [-0.05, 0) is 52.5 Å². The number of carbonyl (C=O) groups excluding carboxylic acids is 1. The van der Waals surface area contributed by atoms with Crippen molar-refractivity contribution in [1.29, 1.82) is 0 Å². The summed E-state index contributed by atoms with van der Waals surface area (Å²) < 4.78 is 30.6. The standard InChI is InChI=1S/C16H24N2O4S/c1-16(2,3)18-14(11-6-7-11)9-13(17-18)15(19)22-12-5-4-8-23(20,21)10-12/h9,11-12H,4-8,10H2,1-3H3. The predicted molar refractivity (Wildman–Crippen MR) is 86.3 cm³/mol. The molecule has 0 radical (unpaired) electrons. The molecule has 23 heavy (non-hydrogen) atoms. The van der Waals surface area contributed by atoms with Crippen molar-refractivity contribution < 1.29 is 17.9 Å². The Labute approximate surface area is 137 Å². The van der Waals surface area contributed by atoms with Crippen LogP contribution in [0.1, 0.15) is 68.6 Å². The van der Waals surface area contributed by atoms with E-state index in [0.717, 1.165) is 18.5 Å². The fourth-order valence-corrected chi connectivity index (χ4v) is 4.56. The smallest absolute Gasteiger partial charge is 0.359 e. The van der Waals surface area contributed by atoms with Gasteiger partial charge in [0.15, 0.2) is 15.5 Å². The Morgan fingerprint density at radius 3 is 2.57 bits per heavy atom. The second kappa shape index (κ2) is 5.61. The minimum absolute atomic E-state index is 0.0752. The van der Waals surface area contributed by atoms with Crippen LogP contribution >= 0.6 is 0 Å². The third kappa shape index (κ3) is 3.76. The molecule has 2 heterocycles. The predicted octanol–water partition coefficient (Wildman–Crippen LogP) is 2.25. The summed E-state index contributed by atoms with van der Waals surface area (Å²) in [6.45, 7) is 6.15. The molecule has 7 heteroatoms. The van der Waals surface area contributed by atoms with Crippen molar-refractivity contribution in [2.75, 3.05) is 11.5 Å². The van der Waals surface area contributed by atoms with Crippen molar-refractivity contribution >= 4 is 15.8 Å². The van der Waals surface area contributed by atoms with E-state index in [9.17, 15) is 13.2 Å². The Morgan fingerprint density at radius 2 is 2.00 bits per heavy atom. The highest BCUT2D eigenvalue weighted by molar-refractivity contribution is 7.91. The van der Waals surface area contributed by atoms with E-state index in [1.807, 2.05) is 10.7 Å². The van der Waals surface area contributed by atoms with Crippen molar-refractivity contribution in [3.8, 4) is 0 Å². The van der Waals surface area contributed by atoms with E-state index >= 15 is 0 Å². The number of carbonyl (C=O) groups is 1. The van der Waals surface area contributed by atoms with Crippen LogP contribution < -0.4 is 0 Å². The molecule has 1 aromatic heterocycles. The molecule has 3 rings (SSSR count). The summed E-state index contributed by atoms with van der Waals surface area (Å²) in [6, 6.07) is 1.81. The third-order valence-electron chi connectivity index (χ3n) is 4.27. The molecule has 0 spiro atoms. The molecule has 0 aromatic carbocycles. The topological polar surface area (TPSA) is 78.3 Å². The first-order chi connectivity index (χ1) is 10.7. The third-order valence-corrected chi connectivity index (χ3v) is 6.06. The van der Waals surface area contributed by atoms with Gasteiger partial charge in [0.1, 0.15) is 6.10 Å². The lowest BCUT2D eigenvalue weighted by Gasteiger charge is -2.22. The Bertz CT molecular complexity index is 711. The fourth-order valence-electron chi connectivity index (χ4n) is 2.99. The van der Waals surface area contributed by atoms with Crippen LogP contribution in [0.25, 0.3) is 0 Å². The first kappa shape index (κ1) is 16.5. The molecule has 0 amide bonds. The molecule has 0 N–H and O–H groups in total. The van der Waals surface area contributed by atoms with E-state index in [-0.39, 0.29) is 22.7 Å². The molecule has 1 aliphatic heterocycles. The summed E-state index contributed by atoms with van der Waals surface area (Å²) in [6.07, 6.45) is 2.84. The normalized spacial score (nSPS) is 24.4. The molecular weight excluding hydrogens is 316 g/mol. The van der Waals surface area contributed by atoms with Crippen molar-refractivity contribution in [2.45, 2.75) is 64.0 Å². The maximum atomic E-state index is 12.4. The van der Waals surface area contributed by atoms with Gasteiger partial charge >= 0.3 is 5.97 Å². The second-order valence-corrected chi connectivity index (χ2v) is 9.82. The lowest BCUT2D eigenvalue weighted by atomic mass is 10.1. The van der Waals surface area contributed by atoms with Gasteiger partial charge in [-0.25, -0.2) is 13.2 Å². The monoisotopic (exact) mass is 340 g/mol. The van der Waals surface area contributed by atoms with Crippen LogP contribution in [0.15, 0.2) is 6.07 Å². The molecule has 2 fully saturated rings. The Kier molecular flexibility index (Phi) is 4.02. The number of aromatic nitrogens is 2. The molecule has 0 bridgehead atoms. The lowest BCUT2D eigenvalue weighted by molar-refractivity contribution is 0.0315. The van der Waals surface area contributed by atoms with Gasteiger partial charge in [-0.3, -0.25) is 4.68 Å². The summed E-state index contributed by atoms with van der Waals surface area (Å²) in [4.78, 5) is 12.4. The van der Waals surface area contributed by atoms with Gasteiger partial charge in [0.05, 0.1) is 17.0 Å². The molecule has 1 saturated carbocycles. The van der Waals surface area contributed by atoms with E-state index in [4.69, 9.17) is 4.74 Å². The minimum Gasteiger partial charge on any atom is -0.457 e. The molecule has 1 unspecified atom stereocenters. The van der Waals surface area contributed by atoms with Crippen molar-refractivity contribution in [1.82, 2.24) is 9.78 Å². The average molecular weight is 340 g/mol. The Hall–Kier alpha value is -1.37. The van der Waals surface area contributed by atoms with Crippen LogP contribution in [0.3, 0.4) is 0 Å². The molecule has 1 saturated heterocycles. The molecule has 128 valence electrons. The van der Waals surface area contributed by atoms with Gasteiger partial charge in [-0.15, -0.1) is 0 Å². The van der Waals surface area contributed by atoms with Crippen LogP contribution in [0.5, 0.6) is 0 Å². The number of rotatable bonds is 3. The van der Waals surface area contributed by atoms with Crippen molar-refractivity contribution in [3.05, 3.63) is 17.5 Å². The summed E-state index contributed by atoms with van der Waals surface area (Å²) in [5.74, 6) is 0.0649. The molecule has 6 nitrogen and oxygen atoms in total.